The van der Waals surface area contributed by atoms with Crippen LogP contribution in [0.5, 0.6) is 0 Å². The summed E-state index contributed by atoms with van der Waals surface area (Å²) >= 11 is 1.25. The molecule has 5 heterocycles. The van der Waals surface area contributed by atoms with Crippen molar-refractivity contribution >= 4 is 27.3 Å². The number of rotatable bonds is 4. The molecule has 3 aliphatic heterocycles. The second-order valence-corrected chi connectivity index (χ2v) is 12.3. The molecular weight excluding hydrogens is 446 g/mol. The van der Waals surface area contributed by atoms with Crippen molar-refractivity contribution in [2.45, 2.75) is 68.0 Å². The number of carbonyl (C=O) groups is 1. The summed E-state index contributed by atoms with van der Waals surface area (Å²) in [4.78, 5) is 15.3. The van der Waals surface area contributed by atoms with Crippen LogP contribution < -0.4 is 0 Å². The van der Waals surface area contributed by atoms with Crippen LogP contribution in [0.2, 0.25) is 0 Å². The SMILES string of the molecule is O=C(C1CCN(S(=O)(=O)c2cccs2)CC1)N1CCCC(c2nnc3n2CCCCC3)C1. The number of carbonyl (C=O) groups excluding carboxylic acids is 1. The van der Waals surface area contributed by atoms with Gasteiger partial charge in [-0.3, -0.25) is 4.79 Å². The summed E-state index contributed by atoms with van der Waals surface area (Å²) in [5.41, 5.74) is 0. The monoisotopic (exact) mass is 477 g/mol. The Hall–Kier alpha value is -1.78. The number of likely N-dealkylation sites (tertiary alicyclic amines) is 1. The fourth-order valence-corrected chi connectivity index (χ4v) is 7.95. The van der Waals surface area contributed by atoms with Gasteiger partial charge in [-0.2, -0.15) is 4.31 Å². The van der Waals surface area contributed by atoms with Crippen molar-refractivity contribution in [2.75, 3.05) is 26.2 Å². The lowest BCUT2D eigenvalue weighted by Crippen LogP contribution is -2.47. The minimum atomic E-state index is -3.43. The maximum absolute atomic E-state index is 13.3. The van der Waals surface area contributed by atoms with Crippen molar-refractivity contribution in [1.82, 2.24) is 24.0 Å². The number of hydrogen-bond acceptors (Lipinski definition) is 6. The van der Waals surface area contributed by atoms with Gasteiger partial charge in [0.25, 0.3) is 10.0 Å². The molecule has 0 saturated carbocycles. The van der Waals surface area contributed by atoms with E-state index in [2.05, 4.69) is 14.8 Å². The van der Waals surface area contributed by atoms with Gasteiger partial charge in [0, 0.05) is 51.0 Å². The number of nitrogens with zero attached hydrogens (tertiary/aromatic N) is 5. The van der Waals surface area contributed by atoms with Crippen molar-refractivity contribution in [3.05, 3.63) is 29.2 Å². The number of sulfonamides is 1. The first-order valence-corrected chi connectivity index (χ1v) is 14.1. The first-order chi connectivity index (χ1) is 15.5. The Morgan fingerprint density at radius 3 is 2.62 bits per heavy atom. The fraction of sp³-hybridized carbons (Fsp3) is 0.682. The number of thiophene rings is 1. The molecule has 0 aliphatic carbocycles. The third-order valence-corrected chi connectivity index (χ3v) is 10.4. The van der Waals surface area contributed by atoms with E-state index in [1.807, 2.05) is 4.90 Å². The molecule has 2 fully saturated rings. The zero-order valence-corrected chi connectivity index (χ0v) is 20.0. The van der Waals surface area contributed by atoms with Gasteiger partial charge in [0.15, 0.2) is 0 Å². The number of hydrogen-bond donors (Lipinski definition) is 0. The summed E-state index contributed by atoms with van der Waals surface area (Å²) in [6.07, 6.45) is 7.77. The Bertz CT molecular complexity index is 1040. The summed E-state index contributed by atoms with van der Waals surface area (Å²) in [5, 5.41) is 10.8. The molecule has 2 aromatic rings. The van der Waals surface area contributed by atoms with E-state index < -0.39 is 10.0 Å². The molecule has 0 aromatic carbocycles. The second kappa shape index (κ2) is 9.23. The van der Waals surface area contributed by atoms with Gasteiger partial charge < -0.3 is 9.47 Å². The topological polar surface area (TPSA) is 88.4 Å². The van der Waals surface area contributed by atoms with Crippen LogP contribution in [0.3, 0.4) is 0 Å². The molecule has 0 spiro atoms. The molecule has 5 rings (SSSR count). The van der Waals surface area contributed by atoms with Crippen LogP contribution >= 0.6 is 11.3 Å². The van der Waals surface area contributed by atoms with Crippen molar-refractivity contribution in [3.8, 4) is 0 Å². The van der Waals surface area contributed by atoms with Gasteiger partial charge in [-0.25, -0.2) is 8.42 Å². The largest absolute Gasteiger partial charge is 0.342 e. The molecule has 1 atom stereocenters. The van der Waals surface area contributed by atoms with Gasteiger partial charge in [0.05, 0.1) is 0 Å². The Kier molecular flexibility index (Phi) is 6.35. The number of amides is 1. The zero-order chi connectivity index (χ0) is 22.1. The molecular formula is C22H31N5O3S2. The first-order valence-electron chi connectivity index (χ1n) is 11.8. The number of aryl methyl sites for hydroxylation is 1. The summed E-state index contributed by atoms with van der Waals surface area (Å²) in [7, 11) is -3.43. The predicted molar refractivity (Wildman–Crippen MR) is 122 cm³/mol. The first kappa shape index (κ1) is 22.0. The van der Waals surface area contributed by atoms with Gasteiger partial charge in [0.2, 0.25) is 5.91 Å². The molecule has 0 radical (unpaired) electrons. The Labute approximate surface area is 193 Å². The Morgan fingerprint density at radius 2 is 1.84 bits per heavy atom. The van der Waals surface area contributed by atoms with E-state index in [0.717, 1.165) is 44.0 Å². The molecule has 0 N–H and O–H groups in total. The van der Waals surface area contributed by atoms with Crippen LogP contribution in [0.15, 0.2) is 21.7 Å². The highest BCUT2D eigenvalue weighted by atomic mass is 32.2. The highest BCUT2D eigenvalue weighted by molar-refractivity contribution is 7.91. The molecule has 32 heavy (non-hydrogen) atoms. The predicted octanol–water partition coefficient (Wildman–Crippen LogP) is 2.87. The highest BCUT2D eigenvalue weighted by Crippen LogP contribution is 2.31. The molecule has 1 amide bonds. The van der Waals surface area contributed by atoms with Crippen LogP contribution in [0.4, 0.5) is 0 Å². The van der Waals surface area contributed by atoms with Crippen LogP contribution in [-0.4, -0.2) is 64.5 Å². The average molecular weight is 478 g/mol. The van der Waals surface area contributed by atoms with Crippen LogP contribution in [-0.2, 0) is 27.8 Å². The number of fused-ring (bicyclic) bond motifs is 1. The Morgan fingerprint density at radius 1 is 1.00 bits per heavy atom. The van der Waals surface area contributed by atoms with Crippen LogP contribution in [0.1, 0.15) is 62.5 Å². The second-order valence-electron chi connectivity index (χ2n) is 9.17. The van der Waals surface area contributed by atoms with E-state index in [1.165, 1.54) is 34.9 Å². The van der Waals surface area contributed by atoms with Gasteiger partial charge in [0.1, 0.15) is 15.9 Å². The lowest BCUT2D eigenvalue weighted by molar-refractivity contribution is -0.138. The maximum atomic E-state index is 13.3. The Balaban J connectivity index is 1.22. The van der Waals surface area contributed by atoms with E-state index in [4.69, 9.17) is 0 Å². The van der Waals surface area contributed by atoms with Crippen molar-refractivity contribution < 1.29 is 13.2 Å². The van der Waals surface area contributed by atoms with Gasteiger partial charge in [-0.15, -0.1) is 21.5 Å². The van der Waals surface area contributed by atoms with E-state index in [9.17, 15) is 13.2 Å². The van der Waals surface area contributed by atoms with E-state index in [0.29, 0.717) is 36.7 Å². The minimum absolute atomic E-state index is 0.0981. The van der Waals surface area contributed by atoms with Gasteiger partial charge >= 0.3 is 0 Å². The quantitative estimate of drug-likeness (QED) is 0.676. The minimum Gasteiger partial charge on any atom is -0.342 e. The highest BCUT2D eigenvalue weighted by Gasteiger charge is 2.36. The van der Waals surface area contributed by atoms with Crippen molar-refractivity contribution in [3.63, 3.8) is 0 Å². The van der Waals surface area contributed by atoms with Crippen molar-refractivity contribution in [1.29, 1.82) is 0 Å². The summed E-state index contributed by atoms with van der Waals surface area (Å²) < 4.78 is 29.8. The van der Waals surface area contributed by atoms with E-state index in [1.54, 1.807) is 17.5 Å². The average Bonchev–Trinajstić information content (AvgIpc) is 3.45. The molecule has 2 saturated heterocycles. The summed E-state index contributed by atoms with van der Waals surface area (Å²) in [6, 6.07) is 3.41. The zero-order valence-electron chi connectivity index (χ0n) is 18.4. The van der Waals surface area contributed by atoms with E-state index >= 15 is 0 Å². The standard InChI is InChI=1S/C22H31N5O3S2/c28-22(17-9-13-26(14-10-17)32(29,30)20-8-5-15-31-20)25-11-4-6-18(16-25)21-24-23-19-7-2-1-3-12-27(19)21/h5,8,15,17-18H,1-4,6-7,9-14,16H2. The molecule has 1 unspecified atom stereocenters. The van der Waals surface area contributed by atoms with Crippen LogP contribution in [0, 0.1) is 5.92 Å². The van der Waals surface area contributed by atoms with Crippen LogP contribution in [0.25, 0.3) is 0 Å². The van der Waals surface area contributed by atoms with Gasteiger partial charge in [-0.1, -0.05) is 12.5 Å². The lowest BCUT2D eigenvalue weighted by Gasteiger charge is -2.37. The lowest BCUT2D eigenvalue weighted by atomic mass is 9.92. The third-order valence-electron chi connectivity index (χ3n) is 7.13. The summed E-state index contributed by atoms with van der Waals surface area (Å²) in [6.45, 7) is 3.28. The molecule has 2 aromatic heterocycles. The molecule has 0 bridgehead atoms. The molecule has 10 heteroatoms. The normalized spacial score (nSPS) is 23.6. The molecule has 174 valence electrons. The number of aromatic nitrogens is 3. The van der Waals surface area contributed by atoms with Gasteiger partial charge in [-0.05, 0) is 50.0 Å². The molecule has 8 nitrogen and oxygen atoms in total. The van der Waals surface area contributed by atoms with Crippen molar-refractivity contribution in [2.24, 2.45) is 5.92 Å². The smallest absolute Gasteiger partial charge is 0.252 e. The third kappa shape index (κ3) is 4.24. The number of piperidine rings is 2. The molecule has 3 aliphatic rings. The van der Waals surface area contributed by atoms with E-state index in [-0.39, 0.29) is 17.7 Å². The maximum Gasteiger partial charge on any atom is 0.252 e. The summed E-state index contributed by atoms with van der Waals surface area (Å²) in [5.74, 6) is 2.47. The fourth-order valence-electron chi connectivity index (χ4n) is 5.34.